The van der Waals surface area contributed by atoms with Crippen molar-refractivity contribution in [1.29, 1.82) is 0 Å². The largest absolute Gasteiger partial charge is 0.493 e. The number of carbonyl (C=O) groups excluding carboxylic acids is 1. The van der Waals surface area contributed by atoms with E-state index in [4.69, 9.17) is 15.2 Å². The van der Waals surface area contributed by atoms with Gasteiger partial charge in [0.1, 0.15) is 12.1 Å². The maximum Gasteiger partial charge on any atom is 0.260 e. The molecule has 2 N–H and O–H groups in total. The van der Waals surface area contributed by atoms with E-state index in [1.165, 1.54) is 0 Å². The molecule has 0 aliphatic carbocycles. The summed E-state index contributed by atoms with van der Waals surface area (Å²) in [6.45, 7) is 1.20. The second-order valence-corrected chi connectivity index (χ2v) is 7.06. The van der Waals surface area contributed by atoms with Gasteiger partial charge in [0.05, 0.1) is 12.8 Å². The smallest absolute Gasteiger partial charge is 0.260 e. The second-order valence-electron chi connectivity index (χ2n) is 7.06. The Morgan fingerprint density at radius 1 is 1.23 bits per heavy atom. The van der Waals surface area contributed by atoms with Gasteiger partial charge in [-0.05, 0) is 36.2 Å². The SMILES string of the molecule is COc1ccccc1OCC(=O)N1CC[C@H](c2ncncc2-c2ccnc(N)c2)C1. The van der Waals surface area contributed by atoms with Gasteiger partial charge in [-0.2, -0.15) is 0 Å². The third-order valence-electron chi connectivity index (χ3n) is 5.18. The van der Waals surface area contributed by atoms with Gasteiger partial charge in [0.25, 0.3) is 5.91 Å². The van der Waals surface area contributed by atoms with Crippen molar-refractivity contribution in [2.75, 3.05) is 32.5 Å². The fourth-order valence-electron chi connectivity index (χ4n) is 3.68. The molecule has 4 rings (SSSR count). The number of para-hydroxylation sites is 2. The number of nitrogens with two attached hydrogens (primary N) is 1. The summed E-state index contributed by atoms with van der Waals surface area (Å²) in [6, 6.07) is 11.0. The van der Waals surface area contributed by atoms with Crippen molar-refractivity contribution in [2.45, 2.75) is 12.3 Å². The van der Waals surface area contributed by atoms with Crippen LogP contribution in [0.5, 0.6) is 11.5 Å². The van der Waals surface area contributed by atoms with Crippen molar-refractivity contribution in [3.05, 3.63) is 60.8 Å². The molecule has 1 atom stereocenters. The van der Waals surface area contributed by atoms with Crippen LogP contribution in [0, 0.1) is 0 Å². The fraction of sp³-hybridized carbons (Fsp3) is 0.273. The van der Waals surface area contributed by atoms with Crippen LogP contribution in [0.2, 0.25) is 0 Å². The van der Waals surface area contributed by atoms with Crippen molar-refractivity contribution in [3.63, 3.8) is 0 Å². The number of likely N-dealkylation sites (tertiary alicyclic amines) is 1. The molecule has 0 bridgehead atoms. The van der Waals surface area contributed by atoms with E-state index in [1.54, 1.807) is 44.0 Å². The molecule has 3 aromatic rings. The Morgan fingerprint density at radius 3 is 2.87 bits per heavy atom. The molecule has 1 amide bonds. The van der Waals surface area contributed by atoms with Crippen molar-refractivity contribution < 1.29 is 14.3 Å². The lowest BCUT2D eigenvalue weighted by Gasteiger charge is -2.18. The van der Waals surface area contributed by atoms with Crippen LogP contribution in [0.3, 0.4) is 0 Å². The Balaban J connectivity index is 1.44. The first-order chi connectivity index (χ1) is 14.7. The number of amides is 1. The molecule has 2 aromatic heterocycles. The Hall–Kier alpha value is -3.68. The highest BCUT2D eigenvalue weighted by molar-refractivity contribution is 5.78. The van der Waals surface area contributed by atoms with Gasteiger partial charge in [-0.25, -0.2) is 15.0 Å². The third kappa shape index (κ3) is 4.17. The number of anilines is 1. The summed E-state index contributed by atoms with van der Waals surface area (Å²) in [5, 5.41) is 0. The first kappa shape index (κ1) is 19.6. The van der Waals surface area contributed by atoms with Crippen LogP contribution in [-0.4, -0.2) is 52.6 Å². The number of aromatic nitrogens is 3. The zero-order chi connectivity index (χ0) is 20.9. The molecule has 30 heavy (non-hydrogen) atoms. The van der Waals surface area contributed by atoms with Gasteiger partial charge in [-0.3, -0.25) is 4.79 Å². The van der Waals surface area contributed by atoms with Gasteiger partial charge >= 0.3 is 0 Å². The van der Waals surface area contributed by atoms with Crippen LogP contribution in [0.25, 0.3) is 11.1 Å². The van der Waals surface area contributed by atoms with E-state index in [2.05, 4.69) is 15.0 Å². The van der Waals surface area contributed by atoms with E-state index in [1.807, 2.05) is 23.1 Å². The lowest BCUT2D eigenvalue weighted by Crippen LogP contribution is -2.33. The summed E-state index contributed by atoms with van der Waals surface area (Å²) >= 11 is 0. The van der Waals surface area contributed by atoms with Gasteiger partial charge < -0.3 is 20.1 Å². The van der Waals surface area contributed by atoms with Crippen molar-refractivity contribution in [2.24, 2.45) is 0 Å². The highest BCUT2D eigenvalue weighted by Crippen LogP contribution is 2.33. The molecule has 0 spiro atoms. The van der Waals surface area contributed by atoms with Crippen LogP contribution in [0.1, 0.15) is 18.0 Å². The number of carbonyl (C=O) groups is 1. The number of nitrogen functional groups attached to an aromatic ring is 1. The molecule has 0 saturated carbocycles. The van der Waals surface area contributed by atoms with Gasteiger partial charge in [-0.1, -0.05) is 12.1 Å². The quantitative estimate of drug-likeness (QED) is 0.672. The van der Waals surface area contributed by atoms with Crippen LogP contribution in [-0.2, 0) is 4.79 Å². The summed E-state index contributed by atoms with van der Waals surface area (Å²) < 4.78 is 11.0. The molecular weight excluding hydrogens is 382 g/mol. The first-order valence-electron chi connectivity index (χ1n) is 9.71. The number of rotatable bonds is 6. The number of nitrogens with zero attached hydrogens (tertiary/aromatic N) is 4. The molecule has 1 aliphatic rings. The van der Waals surface area contributed by atoms with E-state index in [-0.39, 0.29) is 18.4 Å². The Bertz CT molecular complexity index is 1040. The molecule has 0 unspecified atom stereocenters. The average Bonchev–Trinajstić information content (AvgIpc) is 3.28. The third-order valence-corrected chi connectivity index (χ3v) is 5.18. The molecule has 1 aliphatic heterocycles. The number of ether oxygens (including phenoxy) is 2. The maximum absolute atomic E-state index is 12.7. The zero-order valence-corrected chi connectivity index (χ0v) is 16.7. The molecule has 8 heteroatoms. The van der Waals surface area contributed by atoms with Crippen LogP contribution in [0.15, 0.2) is 55.1 Å². The van der Waals surface area contributed by atoms with E-state index < -0.39 is 0 Å². The predicted octanol–water partition coefficient (Wildman–Crippen LogP) is 2.52. The summed E-state index contributed by atoms with van der Waals surface area (Å²) in [6.07, 6.45) is 5.82. The first-order valence-corrected chi connectivity index (χ1v) is 9.71. The van der Waals surface area contributed by atoms with Gasteiger partial charge in [0.2, 0.25) is 0 Å². The van der Waals surface area contributed by atoms with E-state index in [9.17, 15) is 4.79 Å². The molecule has 0 radical (unpaired) electrons. The summed E-state index contributed by atoms with van der Waals surface area (Å²) in [5.41, 5.74) is 8.58. The molecule has 154 valence electrons. The average molecular weight is 405 g/mol. The van der Waals surface area contributed by atoms with Gasteiger partial charge in [-0.15, -0.1) is 0 Å². The Labute approximate surface area is 174 Å². The van der Waals surface area contributed by atoms with Crippen molar-refractivity contribution in [3.8, 4) is 22.6 Å². The standard InChI is InChI=1S/C22H23N5O3/c1-29-18-4-2-3-5-19(18)30-13-21(28)27-9-7-16(12-27)22-17(11-24-14-26-22)15-6-8-25-20(23)10-15/h2-6,8,10-11,14,16H,7,9,12-13H2,1H3,(H2,23,25)/t16-/m0/s1. The van der Waals surface area contributed by atoms with E-state index in [0.29, 0.717) is 30.4 Å². The molecule has 8 nitrogen and oxygen atoms in total. The summed E-state index contributed by atoms with van der Waals surface area (Å²) in [4.78, 5) is 27.2. The lowest BCUT2D eigenvalue weighted by atomic mass is 9.96. The number of benzene rings is 1. The summed E-state index contributed by atoms with van der Waals surface area (Å²) in [7, 11) is 1.57. The highest BCUT2D eigenvalue weighted by Gasteiger charge is 2.30. The van der Waals surface area contributed by atoms with Crippen LogP contribution in [0.4, 0.5) is 5.82 Å². The minimum atomic E-state index is -0.0628. The number of pyridine rings is 1. The molecule has 3 heterocycles. The topological polar surface area (TPSA) is 103 Å². The molecule has 1 fully saturated rings. The number of hydrogen-bond donors (Lipinski definition) is 1. The fourth-order valence-corrected chi connectivity index (χ4v) is 3.68. The molecular formula is C22H23N5O3. The minimum Gasteiger partial charge on any atom is -0.493 e. The monoisotopic (exact) mass is 405 g/mol. The van der Waals surface area contributed by atoms with Crippen LogP contribution >= 0.6 is 0 Å². The highest BCUT2D eigenvalue weighted by atomic mass is 16.5. The normalized spacial score (nSPS) is 15.8. The van der Waals surface area contributed by atoms with Gasteiger partial charge in [0, 0.05) is 37.0 Å². The van der Waals surface area contributed by atoms with E-state index in [0.717, 1.165) is 23.2 Å². The molecule has 1 aromatic carbocycles. The number of hydrogen-bond acceptors (Lipinski definition) is 7. The van der Waals surface area contributed by atoms with Crippen molar-refractivity contribution >= 4 is 11.7 Å². The zero-order valence-electron chi connectivity index (χ0n) is 16.7. The summed E-state index contributed by atoms with van der Waals surface area (Å²) in [5.74, 6) is 1.66. The number of methoxy groups -OCH3 is 1. The molecule has 1 saturated heterocycles. The minimum absolute atomic E-state index is 0.0371. The van der Waals surface area contributed by atoms with E-state index >= 15 is 0 Å². The van der Waals surface area contributed by atoms with Crippen molar-refractivity contribution in [1.82, 2.24) is 19.9 Å². The Morgan fingerprint density at radius 2 is 2.07 bits per heavy atom. The van der Waals surface area contributed by atoms with Gasteiger partial charge in [0.15, 0.2) is 18.1 Å². The second kappa shape index (κ2) is 8.77. The lowest BCUT2D eigenvalue weighted by molar-refractivity contribution is -0.132. The maximum atomic E-state index is 12.7. The Kier molecular flexibility index (Phi) is 5.74. The van der Waals surface area contributed by atoms with Crippen LogP contribution < -0.4 is 15.2 Å². The predicted molar refractivity (Wildman–Crippen MR) is 112 cm³/mol.